The lowest BCUT2D eigenvalue weighted by Crippen LogP contribution is -2.71. The van der Waals surface area contributed by atoms with E-state index in [1.165, 1.54) is 52.4 Å². The van der Waals surface area contributed by atoms with Gasteiger partial charge in [-0.05, 0) is 42.3 Å². The summed E-state index contributed by atoms with van der Waals surface area (Å²) in [4.78, 5) is 68.5. The number of nitrogens with zero attached hydrogens (tertiary/aromatic N) is 4. The van der Waals surface area contributed by atoms with Gasteiger partial charge in [0.1, 0.15) is 22.8 Å². The zero-order valence-electron chi connectivity index (χ0n) is 20.3. The summed E-state index contributed by atoms with van der Waals surface area (Å²) < 4.78 is 0. The largest absolute Gasteiger partial charge is 0.478 e. The molecule has 3 aliphatic heterocycles. The van der Waals surface area contributed by atoms with Crippen LogP contribution < -0.4 is 16.0 Å². The van der Waals surface area contributed by atoms with Crippen LogP contribution >= 0.6 is 23.1 Å². The molecule has 0 saturated carbocycles. The number of thiazole rings is 1. The molecule has 0 bridgehead atoms. The average molecular weight is 585 g/mol. The molecule has 14 nitrogen and oxygen atoms in total. The zero-order valence-corrected chi connectivity index (χ0v) is 21.9. The summed E-state index contributed by atoms with van der Waals surface area (Å²) in [5.41, 5.74) is 6.06. The molecule has 4 heterocycles. The highest BCUT2D eigenvalue weighted by Gasteiger charge is 2.54. The highest BCUT2D eigenvalue weighted by molar-refractivity contribution is 8.00. The summed E-state index contributed by atoms with van der Waals surface area (Å²) in [7, 11) is 0. The van der Waals surface area contributed by atoms with Gasteiger partial charge in [0, 0.05) is 28.9 Å². The van der Waals surface area contributed by atoms with Gasteiger partial charge >= 0.3 is 11.9 Å². The molecule has 1 aromatic carbocycles. The van der Waals surface area contributed by atoms with Crippen molar-refractivity contribution in [3.63, 3.8) is 0 Å². The minimum Gasteiger partial charge on any atom is -0.478 e. The van der Waals surface area contributed by atoms with Gasteiger partial charge in [0.05, 0.1) is 5.56 Å². The number of hydrogen-bond donors (Lipinski definition) is 5. The highest BCUT2D eigenvalue weighted by Crippen LogP contribution is 2.41. The average Bonchev–Trinajstić information content (AvgIpc) is 3.52. The molecule has 5 rings (SSSR count). The Labute approximate surface area is 233 Å². The number of β-lactam (4-membered cyclic amide) rings is 1. The highest BCUT2D eigenvalue weighted by atomic mass is 32.2. The number of hydrogen-bond acceptors (Lipinski definition) is 11. The maximum atomic E-state index is 13.1. The minimum absolute atomic E-state index is 0.0237. The number of nitrogens with one attached hydrogen (secondary N) is 1. The van der Waals surface area contributed by atoms with Gasteiger partial charge < -0.3 is 31.4 Å². The van der Waals surface area contributed by atoms with Crippen LogP contribution in [0.4, 0.5) is 10.8 Å². The normalized spacial score (nSPS) is 21.9. The lowest BCUT2D eigenvalue weighted by molar-refractivity contribution is -0.150. The fourth-order valence-electron chi connectivity index (χ4n) is 4.56. The third kappa shape index (κ3) is 4.66. The molecule has 1 aromatic heterocycles. The lowest BCUT2D eigenvalue weighted by Gasteiger charge is -2.49. The van der Waals surface area contributed by atoms with E-state index in [4.69, 9.17) is 10.8 Å². The molecule has 2 fully saturated rings. The van der Waals surface area contributed by atoms with Gasteiger partial charge in [0.2, 0.25) is 0 Å². The monoisotopic (exact) mass is 584 g/mol. The molecule has 2 saturated heterocycles. The van der Waals surface area contributed by atoms with E-state index in [1.54, 1.807) is 0 Å². The van der Waals surface area contributed by atoms with Crippen molar-refractivity contribution in [3.05, 3.63) is 63.8 Å². The molecule has 2 atom stereocenters. The number of carbonyl (C=O) groups is 5. The number of anilines is 2. The van der Waals surface area contributed by atoms with Gasteiger partial charge in [-0.15, -0.1) is 23.1 Å². The van der Waals surface area contributed by atoms with E-state index in [-0.39, 0.29) is 39.3 Å². The predicted molar refractivity (Wildman–Crippen MR) is 143 cm³/mol. The second-order valence-corrected chi connectivity index (χ2v) is 10.8. The number of thioether (sulfide) groups is 1. The van der Waals surface area contributed by atoms with Gasteiger partial charge in [0.15, 0.2) is 10.8 Å². The Hall–Kier alpha value is -4.70. The van der Waals surface area contributed by atoms with Crippen LogP contribution in [0.3, 0.4) is 0 Å². The number of allylic oxidation sites excluding steroid dienone is 1. The van der Waals surface area contributed by atoms with Gasteiger partial charge in [-0.1, -0.05) is 5.16 Å². The Kier molecular flexibility index (Phi) is 7.03. The van der Waals surface area contributed by atoms with Crippen molar-refractivity contribution in [3.8, 4) is 0 Å². The molecular formula is C24H20N6O8S2. The first-order valence-electron chi connectivity index (χ1n) is 11.6. The number of aromatic carboxylic acids is 1. The predicted octanol–water partition coefficient (Wildman–Crippen LogP) is 0.704. The topological polar surface area (TPSA) is 216 Å². The second-order valence-electron chi connectivity index (χ2n) is 8.79. The Morgan fingerprint density at radius 1 is 1.15 bits per heavy atom. The maximum absolute atomic E-state index is 13.1. The smallest absolute Gasteiger partial charge is 0.352 e. The Balaban J connectivity index is 1.34. The Morgan fingerprint density at radius 2 is 1.88 bits per heavy atom. The van der Waals surface area contributed by atoms with E-state index < -0.39 is 40.9 Å². The number of amides is 3. The van der Waals surface area contributed by atoms with Crippen molar-refractivity contribution in [1.29, 1.82) is 0 Å². The van der Waals surface area contributed by atoms with E-state index in [1.807, 2.05) is 0 Å². The molecular weight excluding hydrogens is 564 g/mol. The number of oxime groups is 1. The van der Waals surface area contributed by atoms with Crippen LogP contribution in [0.2, 0.25) is 0 Å². The van der Waals surface area contributed by atoms with Crippen molar-refractivity contribution in [1.82, 2.24) is 15.2 Å². The number of carboxylic acid groups (broad SMARTS) is 2. The summed E-state index contributed by atoms with van der Waals surface area (Å²) in [5, 5.41) is 34.6. The molecule has 0 unspecified atom stereocenters. The first-order valence-corrected chi connectivity index (χ1v) is 13.5. The Morgan fingerprint density at radius 3 is 2.48 bits per heavy atom. The third-order valence-electron chi connectivity index (χ3n) is 6.47. The standard InChI is InChI=1S/C24H20N6O8S2/c25-24-26-14(9-40-24)15(28-38)18(31)27-16-20(33)30-17(23(36)37)12(8-39-21(16)30)7-11-5-6-29(19(11)32)13-3-1-10(2-4-13)22(34)35/h1-4,7,9,16,21,38H,5-6,8H2,(H2,25,26)(H,27,31)(H,34,35)(H,36,37)/b11-7?,28-15-/t16-,21-/m1/s1. The lowest BCUT2D eigenvalue weighted by atomic mass is 10.0. The summed E-state index contributed by atoms with van der Waals surface area (Å²) in [6.07, 6.45) is 1.80. The number of nitrogens with two attached hydrogens (primary N) is 1. The number of rotatable bonds is 7. The van der Waals surface area contributed by atoms with Gasteiger partial charge in [0.25, 0.3) is 17.7 Å². The molecule has 0 radical (unpaired) electrons. The number of nitrogen functional groups attached to an aromatic ring is 1. The van der Waals surface area contributed by atoms with Crippen molar-refractivity contribution in [2.45, 2.75) is 17.8 Å². The summed E-state index contributed by atoms with van der Waals surface area (Å²) in [5.74, 6) is -4.21. The van der Waals surface area contributed by atoms with E-state index in [2.05, 4.69) is 15.5 Å². The first kappa shape index (κ1) is 26.9. The first-order chi connectivity index (χ1) is 19.1. The van der Waals surface area contributed by atoms with E-state index >= 15 is 0 Å². The molecule has 3 aliphatic rings. The van der Waals surface area contributed by atoms with Gasteiger partial charge in [-0.2, -0.15) is 0 Å². The van der Waals surface area contributed by atoms with E-state index in [0.717, 1.165) is 16.2 Å². The van der Waals surface area contributed by atoms with Crippen LogP contribution in [-0.2, 0) is 19.2 Å². The van der Waals surface area contributed by atoms with Crippen LogP contribution in [0.1, 0.15) is 22.5 Å². The summed E-state index contributed by atoms with van der Waals surface area (Å²) in [6.45, 7) is 0.318. The van der Waals surface area contributed by atoms with Crippen LogP contribution in [0.5, 0.6) is 0 Å². The summed E-state index contributed by atoms with van der Waals surface area (Å²) in [6, 6.07) is 4.75. The van der Waals surface area contributed by atoms with Crippen molar-refractivity contribution in [2.24, 2.45) is 5.16 Å². The SMILES string of the molecule is Nc1nc(/C(=N/O)C(=O)N[C@@H]2C(=O)N3C(C(=O)O)=C(C=C4CCN(c5ccc(C(=O)O)cc5)C4=O)CS[C@H]23)cs1. The number of aliphatic carboxylic acids is 1. The summed E-state index contributed by atoms with van der Waals surface area (Å²) >= 11 is 2.24. The molecule has 3 amide bonds. The Bertz CT molecular complexity index is 1550. The van der Waals surface area contributed by atoms with Crippen molar-refractivity contribution in [2.75, 3.05) is 22.9 Å². The fraction of sp³-hybridized carbons (Fsp3) is 0.208. The molecule has 206 valence electrons. The van der Waals surface area contributed by atoms with Crippen LogP contribution in [0.15, 0.2) is 57.7 Å². The van der Waals surface area contributed by atoms with Gasteiger partial charge in [-0.25, -0.2) is 14.6 Å². The quantitative estimate of drug-likeness (QED) is 0.100. The van der Waals surface area contributed by atoms with Gasteiger partial charge in [-0.3, -0.25) is 19.3 Å². The number of benzene rings is 1. The molecule has 16 heteroatoms. The molecule has 0 spiro atoms. The zero-order chi connectivity index (χ0) is 28.7. The van der Waals surface area contributed by atoms with Crippen LogP contribution in [0.25, 0.3) is 0 Å². The van der Waals surface area contributed by atoms with E-state index in [9.17, 15) is 34.3 Å². The minimum atomic E-state index is -1.36. The van der Waals surface area contributed by atoms with Crippen LogP contribution in [0, 0.1) is 0 Å². The van der Waals surface area contributed by atoms with Crippen molar-refractivity contribution >= 4 is 69.3 Å². The third-order valence-corrected chi connectivity index (χ3v) is 8.44. The number of carbonyl (C=O) groups excluding carboxylic acids is 3. The molecule has 2 aromatic rings. The number of aromatic nitrogens is 1. The molecule has 0 aliphatic carbocycles. The fourth-order valence-corrected chi connectivity index (χ4v) is 6.41. The maximum Gasteiger partial charge on any atom is 0.352 e. The molecule has 40 heavy (non-hydrogen) atoms. The number of fused-ring (bicyclic) bond motifs is 1. The van der Waals surface area contributed by atoms with E-state index in [0.29, 0.717) is 24.2 Å². The van der Waals surface area contributed by atoms with Crippen molar-refractivity contribution < 1.29 is 39.4 Å². The van der Waals surface area contributed by atoms with Crippen LogP contribution in [-0.4, -0.2) is 84.4 Å². The second kappa shape index (κ2) is 10.5. The molecule has 6 N–H and O–H groups in total. The number of carboxylic acids is 2.